The lowest BCUT2D eigenvalue weighted by Crippen LogP contribution is -2.26. The smallest absolute Gasteiger partial charge is 0.269 e. The van der Waals surface area contributed by atoms with Crippen molar-refractivity contribution in [3.05, 3.63) is 12.7 Å². The Morgan fingerprint density at radius 2 is 2.15 bits per heavy atom. The van der Waals surface area contributed by atoms with Gasteiger partial charge in [-0.15, -0.1) is 0 Å². The fourth-order valence-electron chi connectivity index (χ4n) is 0.786. The molecule has 1 atom stereocenters. The van der Waals surface area contributed by atoms with E-state index in [0.717, 1.165) is 12.8 Å². The van der Waals surface area contributed by atoms with E-state index < -0.39 is 16.3 Å². The second-order valence-corrected chi connectivity index (χ2v) is 4.48. The summed E-state index contributed by atoms with van der Waals surface area (Å²) in [6.45, 7) is 5.33. The van der Waals surface area contributed by atoms with Crippen molar-refractivity contribution in [1.29, 1.82) is 0 Å². The van der Waals surface area contributed by atoms with Gasteiger partial charge in [-0.25, -0.2) is 4.18 Å². The Morgan fingerprint density at radius 1 is 1.54 bits per heavy atom. The summed E-state index contributed by atoms with van der Waals surface area (Å²) in [7, 11) is -3.46. The highest BCUT2D eigenvalue weighted by molar-refractivity contribution is 7.86. The monoisotopic (exact) mass is 207 g/mol. The van der Waals surface area contributed by atoms with Gasteiger partial charge in [0.05, 0.1) is 5.75 Å². The second kappa shape index (κ2) is 6.12. The van der Waals surface area contributed by atoms with Crippen LogP contribution >= 0.6 is 0 Å². The van der Waals surface area contributed by atoms with Crippen molar-refractivity contribution in [2.75, 3.05) is 5.75 Å². The van der Waals surface area contributed by atoms with Crippen LogP contribution in [0.25, 0.3) is 0 Å². The molecule has 0 aliphatic carbocycles. The van der Waals surface area contributed by atoms with E-state index in [1.807, 2.05) is 6.92 Å². The van der Waals surface area contributed by atoms with Gasteiger partial charge in [0.25, 0.3) is 10.1 Å². The lowest BCUT2D eigenvalue weighted by Gasteiger charge is -2.08. The molecule has 0 aromatic carbocycles. The average molecular weight is 207 g/mol. The Bertz CT molecular complexity index is 236. The molecule has 78 valence electrons. The third kappa shape index (κ3) is 6.74. The SMILES string of the molecule is C=CC(N)OS(=O)(=O)CCCCC. The second-order valence-electron chi connectivity index (χ2n) is 2.77. The van der Waals surface area contributed by atoms with Gasteiger partial charge in [-0.3, -0.25) is 0 Å². The minimum Gasteiger partial charge on any atom is -0.302 e. The third-order valence-corrected chi connectivity index (χ3v) is 2.79. The average Bonchev–Trinajstić information content (AvgIpc) is 2.03. The summed E-state index contributed by atoms with van der Waals surface area (Å²) in [5, 5.41) is 0. The number of rotatable bonds is 7. The van der Waals surface area contributed by atoms with E-state index in [1.54, 1.807) is 0 Å². The number of hydrogen-bond donors (Lipinski definition) is 1. The third-order valence-electron chi connectivity index (χ3n) is 1.49. The van der Waals surface area contributed by atoms with Gasteiger partial charge < -0.3 is 5.73 Å². The number of hydrogen-bond acceptors (Lipinski definition) is 4. The molecule has 0 spiro atoms. The molecule has 2 N–H and O–H groups in total. The Hall–Kier alpha value is -0.390. The van der Waals surface area contributed by atoms with Crippen LogP contribution in [-0.4, -0.2) is 20.4 Å². The quantitative estimate of drug-likeness (QED) is 0.292. The summed E-state index contributed by atoms with van der Waals surface area (Å²) < 4.78 is 26.8. The molecule has 0 radical (unpaired) electrons. The maximum absolute atomic E-state index is 11.1. The predicted octanol–water partition coefficient (Wildman–Crippen LogP) is 0.994. The number of unbranched alkanes of at least 4 members (excludes halogenated alkanes) is 2. The minimum absolute atomic E-state index is 0.0301. The van der Waals surface area contributed by atoms with Crippen LogP contribution in [0.5, 0.6) is 0 Å². The van der Waals surface area contributed by atoms with E-state index in [2.05, 4.69) is 10.8 Å². The minimum atomic E-state index is -3.46. The molecular weight excluding hydrogens is 190 g/mol. The maximum atomic E-state index is 11.1. The van der Waals surface area contributed by atoms with Crippen molar-refractivity contribution < 1.29 is 12.6 Å². The Balaban J connectivity index is 3.87. The molecule has 0 bridgehead atoms. The maximum Gasteiger partial charge on any atom is 0.269 e. The normalized spacial score (nSPS) is 14.0. The summed E-state index contributed by atoms with van der Waals surface area (Å²) in [5.41, 5.74) is 5.24. The van der Waals surface area contributed by atoms with Crippen LogP contribution in [0.2, 0.25) is 0 Å². The molecule has 0 aromatic heterocycles. The molecule has 0 fully saturated rings. The zero-order valence-corrected chi connectivity index (χ0v) is 8.72. The molecule has 5 heteroatoms. The molecule has 0 saturated carbocycles. The molecule has 4 nitrogen and oxygen atoms in total. The largest absolute Gasteiger partial charge is 0.302 e. The highest BCUT2D eigenvalue weighted by Crippen LogP contribution is 2.03. The van der Waals surface area contributed by atoms with Crippen LogP contribution < -0.4 is 5.73 Å². The lowest BCUT2D eigenvalue weighted by atomic mass is 10.3. The molecule has 1 unspecified atom stereocenters. The molecule has 0 aliphatic heterocycles. The first-order chi connectivity index (χ1) is 6.02. The van der Waals surface area contributed by atoms with Gasteiger partial charge in [0, 0.05) is 0 Å². The van der Waals surface area contributed by atoms with Gasteiger partial charge in [0.2, 0.25) is 0 Å². The number of nitrogens with two attached hydrogens (primary N) is 1. The zero-order chi connectivity index (χ0) is 10.3. The van der Waals surface area contributed by atoms with E-state index in [0.29, 0.717) is 6.42 Å². The summed E-state index contributed by atoms with van der Waals surface area (Å²) in [5.74, 6) is 0.0301. The summed E-state index contributed by atoms with van der Waals surface area (Å²) in [6, 6.07) is 0. The first kappa shape index (κ1) is 12.6. The Kier molecular flexibility index (Phi) is 5.94. The van der Waals surface area contributed by atoms with E-state index in [4.69, 9.17) is 5.73 Å². The summed E-state index contributed by atoms with van der Waals surface area (Å²) >= 11 is 0. The van der Waals surface area contributed by atoms with Crippen LogP contribution in [-0.2, 0) is 14.3 Å². The molecule has 0 rings (SSSR count). The topological polar surface area (TPSA) is 69.4 Å². The van der Waals surface area contributed by atoms with Crippen LogP contribution in [0, 0.1) is 0 Å². The van der Waals surface area contributed by atoms with E-state index in [-0.39, 0.29) is 5.75 Å². The summed E-state index contributed by atoms with van der Waals surface area (Å²) in [4.78, 5) is 0. The standard InChI is InChI=1S/C8H17NO3S/c1-3-5-6-7-13(10,11)12-8(9)4-2/h4,8H,2-3,5-7,9H2,1H3. The first-order valence-corrected chi connectivity index (χ1v) is 5.88. The summed E-state index contributed by atoms with van der Waals surface area (Å²) in [6.07, 6.45) is 2.79. The van der Waals surface area contributed by atoms with Crippen molar-refractivity contribution >= 4 is 10.1 Å². The van der Waals surface area contributed by atoms with E-state index >= 15 is 0 Å². The van der Waals surface area contributed by atoms with Gasteiger partial charge in [0.1, 0.15) is 6.23 Å². The van der Waals surface area contributed by atoms with Crippen molar-refractivity contribution in [2.45, 2.75) is 32.4 Å². The van der Waals surface area contributed by atoms with E-state index in [9.17, 15) is 8.42 Å². The fraction of sp³-hybridized carbons (Fsp3) is 0.750. The molecule has 0 saturated heterocycles. The van der Waals surface area contributed by atoms with Crippen molar-refractivity contribution in [2.24, 2.45) is 5.73 Å². The molecule has 0 amide bonds. The van der Waals surface area contributed by atoms with Crippen LogP contribution in [0.4, 0.5) is 0 Å². The van der Waals surface area contributed by atoms with Crippen LogP contribution in [0.3, 0.4) is 0 Å². The molecule has 0 heterocycles. The van der Waals surface area contributed by atoms with Crippen LogP contribution in [0.15, 0.2) is 12.7 Å². The highest BCUT2D eigenvalue weighted by atomic mass is 32.2. The van der Waals surface area contributed by atoms with Crippen LogP contribution in [0.1, 0.15) is 26.2 Å². The van der Waals surface area contributed by atoms with Crippen molar-refractivity contribution in [1.82, 2.24) is 0 Å². The Labute approximate surface area is 79.9 Å². The van der Waals surface area contributed by atoms with Crippen molar-refractivity contribution in [3.63, 3.8) is 0 Å². The lowest BCUT2D eigenvalue weighted by molar-refractivity contribution is 0.263. The fourth-order valence-corrected chi connectivity index (χ4v) is 1.86. The van der Waals surface area contributed by atoms with Gasteiger partial charge in [-0.1, -0.05) is 26.3 Å². The van der Waals surface area contributed by atoms with E-state index in [1.165, 1.54) is 6.08 Å². The van der Waals surface area contributed by atoms with Gasteiger partial charge >= 0.3 is 0 Å². The van der Waals surface area contributed by atoms with Gasteiger partial charge in [-0.05, 0) is 12.5 Å². The van der Waals surface area contributed by atoms with Crippen molar-refractivity contribution in [3.8, 4) is 0 Å². The Morgan fingerprint density at radius 3 is 2.62 bits per heavy atom. The predicted molar refractivity (Wildman–Crippen MR) is 52.6 cm³/mol. The highest BCUT2D eigenvalue weighted by Gasteiger charge is 2.13. The molecule has 0 aromatic rings. The molecule has 0 aliphatic rings. The zero-order valence-electron chi connectivity index (χ0n) is 7.90. The van der Waals surface area contributed by atoms with Gasteiger partial charge in [0.15, 0.2) is 0 Å². The first-order valence-electron chi connectivity index (χ1n) is 4.31. The van der Waals surface area contributed by atoms with Gasteiger partial charge in [-0.2, -0.15) is 8.42 Å². The molecular formula is C8H17NO3S. The molecule has 13 heavy (non-hydrogen) atoms.